The van der Waals surface area contributed by atoms with Gasteiger partial charge in [0.1, 0.15) is 5.82 Å². The maximum atomic E-state index is 14.4. The molecule has 3 nitrogen and oxygen atoms in total. The molecule has 1 fully saturated rings. The van der Waals surface area contributed by atoms with Crippen LogP contribution < -0.4 is 5.32 Å². The minimum absolute atomic E-state index is 0.167. The van der Waals surface area contributed by atoms with E-state index in [2.05, 4.69) is 5.32 Å². The molecule has 1 heterocycles. The molecule has 2 atom stereocenters. The van der Waals surface area contributed by atoms with Crippen LogP contribution in [0, 0.1) is 11.7 Å². The molecular formula is C17H26FNO2. The average Bonchev–Trinajstić information content (AvgIpc) is 2.54. The van der Waals surface area contributed by atoms with Gasteiger partial charge in [0.05, 0.1) is 5.60 Å². The summed E-state index contributed by atoms with van der Waals surface area (Å²) in [6, 6.07) is 6.93. The van der Waals surface area contributed by atoms with Crippen LogP contribution in [0.2, 0.25) is 0 Å². The van der Waals surface area contributed by atoms with E-state index in [0.717, 1.165) is 45.2 Å². The molecule has 1 aliphatic heterocycles. The maximum absolute atomic E-state index is 14.4. The third-order valence-corrected chi connectivity index (χ3v) is 4.61. The smallest absolute Gasteiger partial charge is 0.129 e. The van der Waals surface area contributed by atoms with Crippen molar-refractivity contribution in [1.29, 1.82) is 0 Å². The molecule has 1 aromatic rings. The molecule has 0 unspecified atom stereocenters. The van der Waals surface area contributed by atoms with E-state index < -0.39 is 5.60 Å². The van der Waals surface area contributed by atoms with Crippen molar-refractivity contribution in [3.8, 4) is 0 Å². The van der Waals surface area contributed by atoms with E-state index in [-0.39, 0.29) is 18.3 Å². The highest BCUT2D eigenvalue weighted by molar-refractivity contribution is 5.26. The van der Waals surface area contributed by atoms with Crippen LogP contribution >= 0.6 is 0 Å². The summed E-state index contributed by atoms with van der Waals surface area (Å²) < 4.78 is 20.3. The van der Waals surface area contributed by atoms with E-state index in [0.29, 0.717) is 5.56 Å². The number of methoxy groups -OCH3 is 1. The lowest BCUT2D eigenvalue weighted by Crippen LogP contribution is -2.46. The molecule has 0 radical (unpaired) electrons. The zero-order valence-electron chi connectivity index (χ0n) is 12.8. The van der Waals surface area contributed by atoms with Gasteiger partial charge >= 0.3 is 0 Å². The monoisotopic (exact) mass is 295 g/mol. The van der Waals surface area contributed by atoms with E-state index in [1.165, 1.54) is 6.07 Å². The normalized spacial score (nSPS) is 22.0. The third-order valence-electron chi connectivity index (χ3n) is 4.61. The highest BCUT2D eigenvalue weighted by atomic mass is 19.1. The fourth-order valence-electron chi connectivity index (χ4n) is 3.49. The van der Waals surface area contributed by atoms with Gasteiger partial charge in [0, 0.05) is 31.7 Å². The summed E-state index contributed by atoms with van der Waals surface area (Å²) >= 11 is 0. The topological polar surface area (TPSA) is 41.5 Å². The molecule has 1 aliphatic rings. The molecular weight excluding hydrogens is 269 g/mol. The van der Waals surface area contributed by atoms with Crippen LogP contribution in [0.1, 0.15) is 37.7 Å². The fourth-order valence-corrected chi connectivity index (χ4v) is 3.49. The van der Waals surface area contributed by atoms with Crippen molar-refractivity contribution >= 4 is 0 Å². The molecule has 1 aromatic carbocycles. The quantitative estimate of drug-likeness (QED) is 0.760. The highest BCUT2D eigenvalue weighted by Gasteiger charge is 2.42. The van der Waals surface area contributed by atoms with Gasteiger partial charge < -0.3 is 15.2 Å². The number of ether oxygens (including phenoxy) is 1. The summed E-state index contributed by atoms with van der Waals surface area (Å²) in [7, 11) is 1.68. The summed E-state index contributed by atoms with van der Waals surface area (Å²) in [5, 5.41) is 12.4. The van der Waals surface area contributed by atoms with E-state index >= 15 is 0 Å². The minimum atomic E-state index is -0.603. The van der Waals surface area contributed by atoms with E-state index in [1.807, 2.05) is 12.1 Å². The largest absolute Gasteiger partial charge is 0.396 e. The molecule has 0 spiro atoms. The van der Waals surface area contributed by atoms with Gasteiger partial charge in [0.15, 0.2) is 0 Å². The van der Waals surface area contributed by atoms with Crippen LogP contribution in [0.3, 0.4) is 0 Å². The Kier molecular flexibility index (Phi) is 6.15. The van der Waals surface area contributed by atoms with Crippen molar-refractivity contribution in [3.05, 3.63) is 35.6 Å². The second-order valence-electron chi connectivity index (χ2n) is 5.80. The summed E-state index contributed by atoms with van der Waals surface area (Å²) in [5.41, 5.74) is 0.0487. The first-order chi connectivity index (χ1) is 10.2. The number of unbranched alkanes of at least 4 members (excludes halogenated alkanes) is 1. The standard InChI is InChI=1S/C17H26FNO2/c1-21-17(10-4-5-12-20,14-7-6-11-19-13-14)15-8-2-3-9-16(15)18/h2-3,8-9,14,19-20H,4-7,10-13H2,1H3/t14-,17+/m1/s1. The van der Waals surface area contributed by atoms with Gasteiger partial charge in [-0.3, -0.25) is 0 Å². The number of rotatable bonds is 7. The van der Waals surface area contributed by atoms with Crippen molar-refractivity contribution in [2.24, 2.45) is 5.92 Å². The third kappa shape index (κ3) is 3.62. The van der Waals surface area contributed by atoms with Gasteiger partial charge in [0.2, 0.25) is 0 Å². The van der Waals surface area contributed by atoms with Crippen LogP contribution in [-0.2, 0) is 10.3 Å². The zero-order valence-corrected chi connectivity index (χ0v) is 12.8. The maximum Gasteiger partial charge on any atom is 0.129 e. The molecule has 0 aliphatic carbocycles. The number of aliphatic hydroxyl groups excluding tert-OH is 1. The first-order valence-electron chi connectivity index (χ1n) is 7.86. The first kappa shape index (κ1) is 16.4. The Morgan fingerprint density at radius 3 is 2.81 bits per heavy atom. The molecule has 21 heavy (non-hydrogen) atoms. The highest BCUT2D eigenvalue weighted by Crippen LogP contribution is 2.42. The first-order valence-corrected chi connectivity index (χ1v) is 7.86. The van der Waals surface area contributed by atoms with Crippen LogP contribution in [0.25, 0.3) is 0 Å². The van der Waals surface area contributed by atoms with Crippen LogP contribution in [0.15, 0.2) is 24.3 Å². The lowest BCUT2D eigenvalue weighted by atomic mass is 9.74. The summed E-state index contributed by atoms with van der Waals surface area (Å²) in [4.78, 5) is 0. The SMILES string of the molecule is CO[C@](CCCCO)(c1ccccc1F)[C@@H]1CCCNC1. The molecule has 0 aromatic heterocycles. The zero-order chi connectivity index (χ0) is 15.1. The van der Waals surface area contributed by atoms with Crippen molar-refractivity contribution in [3.63, 3.8) is 0 Å². The molecule has 2 rings (SSSR count). The van der Waals surface area contributed by atoms with E-state index in [1.54, 1.807) is 13.2 Å². The molecule has 0 bridgehead atoms. The van der Waals surface area contributed by atoms with Gasteiger partial charge in [-0.2, -0.15) is 0 Å². The number of aliphatic hydroxyl groups is 1. The Balaban J connectivity index is 2.33. The lowest BCUT2D eigenvalue weighted by Gasteiger charge is -2.42. The van der Waals surface area contributed by atoms with Crippen molar-refractivity contribution in [1.82, 2.24) is 5.32 Å². The van der Waals surface area contributed by atoms with Crippen molar-refractivity contribution in [2.75, 3.05) is 26.8 Å². The van der Waals surface area contributed by atoms with Crippen molar-refractivity contribution in [2.45, 2.75) is 37.7 Å². The second kappa shape index (κ2) is 7.87. The van der Waals surface area contributed by atoms with E-state index in [4.69, 9.17) is 9.84 Å². The fraction of sp³-hybridized carbons (Fsp3) is 0.647. The number of halogens is 1. The minimum Gasteiger partial charge on any atom is -0.396 e. The van der Waals surface area contributed by atoms with Crippen LogP contribution in [0.5, 0.6) is 0 Å². The predicted octanol–water partition coefficient (Wildman–Crippen LogP) is 2.83. The Bertz CT molecular complexity index is 435. The van der Waals surface area contributed by atoms with Crippen LogP contribution in [-0.4, -0.2) is 31.9 Å². The molecule has 0 amide bonds. The predicted molar refractivity (Wildman–Crippen MR) is 81.6 cm³/mol. The summed E-state index contributed by atoms with van der Waals surface area (Å²) in [5.74, 6) is 0.0563. The summed E-state index contributed by atoms with van der Waals surface area (Å²) in [6.07, 6.45) is 4.41. The van der Waals surface area contributed by atoms with Gasteiger partial charge in [-0.1, -0.05) is 18.2 Å². The molecule has 118 valence electrons. The Labute approximate surface area is 126 Å². The number of nitrogens with one attached hydrogen (secondary N) is 1. The molecule has 4 heteroatoms. The number of hydrogen-bond donors (Lipinski definition) is 2. The number of hydrogen-bond acceptors (Lipinski definition) is 3. The Hall–Kier alpha value is -0.970. The van der Waals surface area contributed by atoms with Gasteiger partial charge in [-0.15, -0.1) is 0 Å². The molecule has 2 N–H and O–H groups in total. The van der Waals surface area contributed by atoms with Gasteiger partial charge in [-0.05, 0) is 44.7 Å². The Morgan fingerprint density at radius 2 is 2.19 bits per heavy atom. The van der Waals surface area contributed by atoms with E-state index in [9.17, 15) is 4.39 Å². The van der Waals surface area contributed by atoms with Crippen molar-refractivity contribution < 1.29 is 14.2 Å². The Morgan fingerprint density at radius 1 is 1.38 bits per heavy atom. The average molecular weight is 295 g/mol. The number of piperidine rings is 1. The summed E-state index contributed by atoms with van der Waals surface area (Å²) in [6.45, 7) is 2.03. The lowest BCUT2D eigenvalue weighted by molar-refractivity contribution is -0.0821. The second-order valence-corrected chi connectivity index (χ2v) is 5.80. The van der Waals surface area contributed by atoms with Crippen LogP contribution in [0.4, 0.5) is 4.39 Å². The number of benzene rings is 1. The van der Waals surface area contributed by atoms with Gasteiger partial charge in [-0.25, -0.2) is 4.39 Å². The van der Waals surface area contributed by atoms with Gasteiger partial charge in [0.25, 0.3) is 0 Å². The molecule has 1 saturated heterocycles. The molecule has 0 saturated carbocycles.